The van der Waals surface area contributed by atoms with Crippen LogP contribution in [0.25, 0.3) is 0 Å². The number of carbonyl (C=O) groups is 3. The summed E-state index contributed by atoms with van der Waals surface area (Å²) in [7, 11) is 0. The van der Waals surface area contributed by atoms with Gasteiger partial charge in [-0.25, -0.2) is 9.69 Å². The lowest BCUT2D eigenvalue weighted by atomic mass is 10.1. The Bertz CT molecular complexity index is 735. The molecule has 2 saturated heterocycles. The van der Waals surface area contributed by atoms with Gasteiger partial charge in [0.1, 0.15) is 5.57 Å². The molecule has 0 aliphatic carbocycles. The summed E-state index contributed by atoms with van der Waals surface area (Å²) in [6.07, 6.45) is 1.51. The van der Waals surface area contributed by atoms with Gasteiger partial charge in [-0.15, -0.1) is 0 Å². The van der Waals surface area contributed by atoms with Gasteiger partial charge >= 0.3 is 6.03 Å². The van der Waals surface area contributed by atoms with Crippen LogP contribution in [-0.2, 0) is 14.3 Å². The van der Waals surface area contributed by atoms with Gasteiger partial charge in [0, 0.05) is 19.3 Å². The summed E-state index contributed by atoms with van der Waals surface area (Å²) in [6, 6.07) is 4.57. The topological polar surface area (TPSA) is 79.0 Å². The Morgan fingerprint density at radius 1 is 1.08 bits per heavy atom. The molecule has 2 aliphatic rings. The zero-order valence-electron chi connectivity index (χ0n) is 13.7. The van der Waals surface area contributed by atoms with E-state index >= 15 is 0 Å². The van der Waals surface area contributed by atoms with Gasteiger partial charge in [0.25, 0.3) is 11.8 Å². The van der Waals surface area contributed by atoms with Crippen molar-refractivity contribution in [3.63, 3.8) is 0 Å². The van der Waals surface area contributed by atoms with Crippen LogP contribution in [0.15, 0.2) is 30.0 Å². The summed E-state index contributed by atoms with van der Waals surface area (Å²) >= 11 is 0. The van der Waals surface area contributed by atoms with Crippen molar-refractivity contribution in [1.29, 1.82) is 0 Å². The van der Waals surface area contributed by atoms with Crippen molar-refractivity contribution < 1.29 is 19.1 Å². The molecule has 126 valence electrons. The van der Waals surface area contributed by atoms with Crippen molar-refractivity contribution in [2.45, 2.75) is 13.8 Å². The molecular formula is C17H19N3O4. The maximum absolute atomic E-state index is 12.7. The van der Waals surface area contributed by atoms with E-state index in [1.54, 1.807) is 12.1 Å². The Morgan fingerprint density at radius 2 is 1.79 bits per heavy atom. The Labute approximate surface area is 139 Å². The number of barbiturate groups is 1. The molecule has 0 spiro atoms. The lowest BCUT2D eigenvalue weighted by Crippen LogP contribution is -2.55. The highest BCUT2D eigenvalue weighted by molar-refractivity contribution is 6.37. The number of morpholine rings is 1. The lowest BCUT2D eigenvalue weighted by molar-refractivity contribution is -0.122. The summed E-state index contributed by atoms with van der Waals surface area (Å²) in [6.45, 7) is 6.13. The molecule has 0 radical (unpaired) electrons. The van der Waals surface area contributed by atoms with E-state index in [1.165, 1.54) is 6.20 Å². The molecule has 0 aromatic heterocycles. The van der Waals surface area contributed by atoms with Crippen molar-refractivity contribution in [3.8, 4) is 0 Å². The first kappa shape index (κ1) is 16.2. The molecule has 1 N–H and O–H groups in total. The van der Waals surface area contributed by atoms with E-state index in [0.29, 0.717) is 32.0 Å². The van der Waals surface area contributed by atoms with Crippen LogP contribution in [0, 0.1) is 13.8 Å². The number of urea groups is 1. The van der Waals surface area contributed by atoms with Gasteiger partial charge in [0.05, 0.1) is 18.9 Å². The second-order valence-corrected chi connectivity index (χ2v) is 5.86. The number of hydrogen-bond acceptors (Lipinski definition) is 5. The molecule has 3 rings (SSSR count). The van der Waals surface area contributed by atoms with E-state index in [2.05, 4.69) is 5.32 Å². The molecule has 0 atom stereocenters. The lowest BCUT2D eigenvalue weighted by Gasteiger charge is -2.30. The van der Waals surface area contributed by atoms with Gasteiger partial charge in [-0.2, -0.15) is 0 Å². The molecule has 7 nitrogen and oxygen atoms in total. The second kappa shape index (κ2) is 6.45. The number of amides is 4. The number of carbonyl (C=O) groups excluding carboxylic acids is 3. The number of nitrogens with one attached hydrogen (secondary N) is 1. The molecule has 1 aromatic carbocycles. The van der Waals surface area contributed by atoms with Gasteiger partial charge < -0.3 is 9.64 Å². The highest BCUT2D eigenvalue weighted by Gasteiger charge is 2.37. The summed E-state index contributed by atoms with van der Waals surface area (Å²) in [5.74, 6) is -1.28. The van der Waals surface area contributed by atoms with E-state index in [1.807, 2.05) is 24.8 Å². The van der Waals surface area contributed by atoms with Crippen LogP contribution in [0.5, 0.6) is 0 Å². The molecule has 1 aromatic rings. The largest absolute Gasteiger partial charge is 0.378 e. The van der Waals surface area contributed by atoms with E-state index in [0.717, 1.165) is 16.0 Å². The standard InChI is InChI=1S/C17H19N3O4/c1-11-3-4-13(9-12(11)2)20-16(22)14(15(21)18-17(20)23)10-19-5-7-24-8-6-19/h3-4,9-10H,5-8H2,1-2H3,(H,18,21,23)/b14-10+. The Kier molecular flexibility index (Phi) is 4.35. The van der Waals surface area contributed by atoms with E-state index in [-0.39, 0.29) is 5.57 Å². The van der Waals surface area contributed by atoms with Crippen LogP contribution < -0.4 is 10.2 Å². The first-order chi connectivity index (χ1) is 11.5. The number of anilines is 1. The fourth-order valence-corrected chi connectivity index (χ4v) is 2.63. The minimum Gasteiger partial charge on any atom is -0.378 e. The average molecular weight is 329 g/mol. The molecule has 0 unspecified atom stereocenters. The molecule has 24 heavy (non-hydrogen) atoms. The summed E-state index contributed by atoms with van der Waals surface area (Å²) in [4.78, 5) is 39.8. The van der Waals surface area contributed by atoms with Crippen LogP contribution in [0.4, 0.5) is 10.5 Å². The van der Waals surface area contributed by atoms with Gasteiger partial charge in [-0.3, -0.25) is 14.9 Å². The number of nitrogens with zero attached hydrogens (tertiary/aromatic N) is 2. The van der Waals surface area contributed by atoms with Crippen LogP contribution in [0.3, 0.4) is 0 Å². The number of benzene rings is 1. The quantitative estimate of drug-likeness (QED) is 0.649. The third-order valence-electron chi connectivity index (χ3n) is 4.21. The molecule has 0 saturated carbocycles. The molecule has 2 heterocycles. The zero-order chi connectivity index (χ0) is 17.3. The summed E-state index contributed by atoms with van der Waals surface area (Å²) in [5.41, 5.74) is 2.42. The highest BCUT2D eigenvalue weighted by atomic mass is 16.5. The average Bonchev–Trinajstić information content (AvgIpc) is 2.55. The fraction of sp³-hybridized carbons (Fsp3) is 0.353. The van der Waals surface area contributed by atoms with E-state index in [9.17, 15) is 14.4 Å². The third-order valence-corrected chi connectivity index (χ3v) is 4.21. The maximum atomic E-state index is 12.7. The SMILES string of the molecule is Cc1ccc(N2C(=O)NC(=O)/C(=C\N3CCOCC3)C2=O)cc1C. The maximum Gasteiger partial charge on any atom is 0.335 e. The van der Waals surface area contributed by atoms with Crippen molar-refractivity contribution >= 4 is 23.5 Å². The summed E-state index contributed by atoms with van der Waals surface area (Å²) in [5, 5.41) is 2.23. The Morgan fingerprint density at radius 3 is 2.46 bits per heavy atom. The number of rotatable bonds is 2. The van der Waals surface area contributed by atoms with Gasteiger partial charge in [-0.05, 0) is 37.1 Å². The third kappa shape index (κ3) is 3.03. The second-order valence-electron chi connectivity index (χ2n) is 5.86. The zero-order valence-corrected chi connectivity index (χ0v) is 13.7. The predicted molar refractivity (Wildman–Crippen MR) is 87.4 cm³/mol. The monoisotopic (exact) mass is 329 g/mol. The minimum absolute atomic E-state index is 0.0465. The van der Waals surface area contributed by atoms with Crippen LogP contribution in [0.1, 0.15) is 11.1 Å². The Hall–Kier alpha value is -2.67. The number of aryl methyl sites for hydroxylation is 2. The minimum atomic E-state index is -0.729. The Balaban J connectivity index is 1.93. The van der Waals surface area contributed by atoms with Gasteiger partial charge in [0.2, 0.25) is 0 Å². The first-order valence-corrected chi connectivity index (χ1v) is 7.78. The van der Waals surface area contributed by atoms with Crippen LogP contribution >= 0.6 is 0 Å². The fourth-order valence-electron chi connectivity index (χ4n) is 2.63. The molecule has 2 fully saturated rings. The number of imide groups is 2. The van der Waals surface area contributed by atoms with E-state index < -0.39 is 17.8 Å². The van der Waals surface area contributed by atoms with Gasteiger partial charge in [-0.1, -0.05) is 6.07 Å². The van der Waals surface area contributed by atoms with Crippen LogP contribution in [-0.4, -0.2) is 49.0 Å². The number of hydrogen-bond donors (Lipinski definition) is 1. The molecule has 4 amide bonds. The summed E-state index contributed by atoms with van der Waals surface area (Å²) < 4.78 is 5.25. The smallest absolute Gasteiger partial charge is 0.335 e. The number of ether oxygens (including phenoxy) is 1. The molecule has 7 heteroatoms. The van der Waals surface area contributed by atoms with Crippen molar-refractivity contribution in [1.82, 2.24) is 10.2 Å². The van der Waals surface area contributed by atoms with Crippen molar-refractivity contribution in [2.75, 3.05) is 31.2 Å². The van der Waals surface area contributed by atoms with E-state index in [4.69, 9.17) is 4.74 Å². The molecule has 0 bridgehead atoms. The van der Waals surface area contributed by atoms with Gasteiger partial charge in [0.15, 0.2) is 0 Å². The predicted octanol–water partition coefficient (Wildman–Crippen LogP) is 1.10. The normalized spacial score (nSPS) is 20.6. The highest BCUT2D eigenvalue weighted by Crippen LogP contribution is 2.23. The van der Waals surface area contributed by atoms with Crippen LogP contribution in [0.2, 0.25) is 0 Å². The first-order valence-electron chi connectivity index (χ1n) is 7.78. The molecular weight excluding hydrogens is 310 g/mol. The molecule has 2 aliphatic heterocycles. The van der Waals surface area contributed by atoms with Crippen molar-refractivity contribution in [2.24, 2.45) is 0 Å². The van der Waals surface area contributed by atoms with Crippen molar-refractivity contribution in [3.05, 3.63) is 41.1 Å².